The smallest absolute Gasteiger partial charge is 0.322 e. The molecule has 0 fully saturated rings. The van der Waals surface area contributed by atoms with Crippen molar-refractivity contribution in [2.24, 2.45) is 0 Å². The molecule has 134 valence electrons. The van der Waals surface area contributed by atoms with Crippen LogP contribution >= 0.6 is 0 Å². The summed E-state index contributed by atoms with van der Waals surface area (Å²) in [4.78, 5) is 8.00. The number of nitrogens with zero attached hydrogens (tertiary/aromatic N) is 2. The van der Waals surface area contributed by atoms with E-state index in [0.717, 1.165) is 5.56 Å². The van der Waals surface area contributed by atoms with Gasteiger partial charge in [-0.1, -0.05) is 24.3 Å². The molecule has 0 radical (unpaired) electrons. The van der Waals surface area contributed by atoms with Crippen LogP contribution in [0.2, 0.25) is 0 Å². The summed E-state index contributed by atoms with van der Waals surface area (Å²) in [5.74, 6) is -0.563. The van der Waals surface area contributed by atoms with Gasteiger partial charge in [0.05, 0.1) is 23.0 Å². The van der Waals surface area contributed by atoms with Gasteiger partial charge in [0.15, 0.2) is 11.6 Å². The van der Waals surface area contributed by atoms with Crippen LogP contribution < -0.4 is 9.46 Å². The number of rotatable bonds is 5. The second kappa shape index (κ2) is 7.09. The molecule has 6 nitrogen and oxygen atoms in total. The second-order valence-corrected chi connectivity index (χ2v) is 7.31. The monoisotopic (exact) mass is 373 g/mol. The number of aromatic nitrogens is 2. The lowest BCUT2D eigenvalue weighted by molar-refractivity contribution is 0.411. The SMILES string of the molecule is Cc1ccc(C)c(S(=O)(=O)Nc2cnc(Oc3ccccc3F)nc2)c1. The highest BCUT2D eigenvalue weighted by atomic mass is 32.2. The third-order valence-electron chi connectivity index (χ3n) is 3.55. The van der Waals surface area contributed by atoms with Gasteiger partial charge in [0.25, 0.3) is 10.0 Å². The zero-order valence-corrected chi connectivity index (χ0v) is 14.9. The van der Waals surface area contributed by atoms with E-state index < -0.39 is 15.8 Å². The van der Waals surface area contributed by atoms with Crippen molar-refractivity contribution < 1.29 is 17.5 Å². The number of benzene rings is 2. The summed E-state index contributed by atoms with van der Waals surface area (Å²) >= 11 is 0. The number of hydrogen-bond acceptors (Lipinski definition) is 5. The van der Waals surface area contributed by atoms with Crippen LogP contribution in [-0.2, 0) is 10.0 Å². The molecule has 1 heterocycles. The van der Waals surface area contributed by atoms with E-state index in [1.807, 2.05) is 13.0 Å². The lowest BCUT2D eigenvalue weighted by Crippen LogP contribution is -2.15. The number of ether oxygens (including phenoxy) is 1. The van der Waals surface area contributed by atoms with Crippen molar-refractivity contribution in [3.8, 4) is 11.8 Å². The third kappa shape index (κ3) is 3.97. The Hall–Kier alpha value is -3.00. The highest BCUT2D eigenvalue weighted by molar-refractivity contribution is 7.92. The third-order valence-corrected chi connectivity index (χ3v) is 5.07. The molecule has 2 aromatic carbocycles. The van der Waals surface area contributed by atoms with E-state index in [9.17, 15) is 12.8 Å². The van der Waals surface area contributed by atoms with Crippen molar-refractivity contribution >= 4 is 15.7 Å². The Morgan fingerprint density at radius 3 is 2.42 bits per heavy atom. The summed E-state index contributed by atoms with van der Waals surface area (Å²) in [5, 5.41) is 0. The van der Waals surface area contributed by atoms with Crippen LogP contribution in [0.1, 0.15) is 11.1 Å². The lowest BCUT2D eigenvalue weighted by Gasteiger charge is -2.11. The Kier molecular flexibility index (Phi) is 4.85. The molecule has 0 spiro atoms. The first kappa shape index (κ1) is 17.8. The Bertz CT molecular complexity index is 1040. The topological polar surface area (TPSA) is 81.2 Å². The van der Waals surface area contributed by atoms with Crippen molar-refractivity contribution in [3.63, 3.8) is 0 Å². The van der Waals surface area contributed by atoms with Crippen molar-refractivity contribution in [2.45, 2.75) is 18.7 Å². The van der Waals surface area contributed by atoms with Crippen LogP contribution in [0.25, 0.3) is 0 Å². The molecule has 0 atom stereocenters. The zero-order chi connectivity index (χ0) is 18.7. The first-order chi connectivity index (χ1) is 12.3. The van der Waals surface area contributed by atoms with Gasteiger partial charge in [-0.2, -0.15) is 0 Å². The first-order valence-electron chi connectivity index (χ1n) is 7.70. The summed E-state index contributed by atoms with van der Waals surface area (Å²) in [6.07, 6.45) is 2.51. The van der Waals surface area contributed by atoms with Crippen LogP contribution in [0.5, 0.6) is 11.8 Å². The summed E-state index contributed by atoms with van der Waals surface area (Å²) in [6.45, 7) is 3.53. The molecule has 8 heteroatoms. The van der Waals surface area contributed by atoms with Gasteiger partial charge < -0.3 is 4.74 Å². The molecule has 0 saturated carbocycles. The molecule has 0 amide bonds. The minimum atomic E-state index is -3.78. The molecule has 0 aliphatic carbocycles. The first-order valence-corrected chi connectivity index (χ1v) is 9.18. The largest absolute Gasteiger partial charge is 0.421 e. The predicted octanol–water partition coefficient (Wildman–Crippen LogP) is 3.83. The van der Waals surface area contributed by atoms with E-state index >= 15 is 0 Å². The number of para-hydroxylation sites is 1. The Balaban J connectivity index is 1.79. The molecule has 0 bridgehead atoms. The molecule has 0 saturated heterocycles. The molecule has 0 unspecified atom stereocenters. The summed E-state index contributed by atoms with van der Waals surface area (Å²) in [7, 11) is -3.78. The number of hydrogen-bond donors (Lipinski definition) is 1. The van der Waals surface area contributed by atoms with Crippen molar-refractivity contribution in [2.75, 3.05) is 4.72 Å². The van der Waals surface area contributed by atoms with E-state index in [-0.39, 0.29) is 22.3 Å². The van der Waals surface area contributed by atoms with Crippen molar-refractivity contribution in [1.29, 1.82) is 0 Å². The number of nitrogens with one attached hydrogen (secondary N) is 1. The molecule has 3 rings (SSSR count). The van der Waals surface area contributed by atoms with Gasteiger partial charge in [0.2, 0.25) is 0 Å². The average molecular weight is 373 g/mol. The fourth-order valence-corrected chi connectivity index (χ4v) is 3.61. The maximum absolute atomic E-state index is 13.6. The molecule has 1 aromatic heterocycles. The van der Waals surface area contributed by atoms with E-state index in [1.54, 1.807) is 25.1 Å². The summed E-state index contributed by atoms with van der Waals surface area (Å²) in [5.41, 5.74) is 1.64. The van der Waals surface area contributed by atoms with E-state index in [4.69, 9.17) is 4.74 Å². The normalized spacial score (nSPS) is 11.2. The van der Waals surface area contributed by atoms with E-state index in [2.05, 4.69) is 14.7 Å². The van der Waals surface area contributed by atoms with Gasteiger partial charge in [-0.25, -0.2) is 22.8 Å². The number of aryl methyl sites for hydroxylation is 2. The molecule has 0 aliphatic rings. The standard InChI is InChI=1S/C18H16FN3O3S/c1-12-7-8-13(2)17(9-12)26(23,24)22-14-10-20-18(21-11-14)25-16-6-4-3-5-15(16)19/h3-11,22H,1-2H3. The number of anilines is 1. The quantitative estimate of drug-likeness (QED) is 0.735. The van der Waals surface area contributed by atoms with Gasteiger partial charge in [-0.3, -0.25) is 4.72 Å². The fraction of sp³-hybridized carbons (Fsp3) is 0.111. The zero-order valence-electron chi connectivity index (χ0n) is 14.1. The molecule has 26 heavy (non-hydrogen) atoms. The van der Waals surface area contributed by atoms with Crippen LogP contribution in [0.3, 0.4) is 0 Å². The van der Waals surface area contributed by atoms with Crippen LogP contribution in [-0.4, -0.2) is 18.4 Å². The molecule has 1 N–H and O–H groups in total. The van der Waals surface area contributed by atoms with Crippen LogP contribution in [0.15, 0.2) is 59.8 Å². The molecule has 0 aliphatic heterocycles. The van der Waals surface area contributed by atoms with Gasteiger partial charge in [0.1, 0.15) is 0 Å². The maximum Gasteiger partial charge on any atom is 0.322 e. The van der Waals surface area contributed by atoms with Crippen molar-refractivity contribution in [1.82, 2.24) is 9.97 Å². The Labute approximate surface area is 150 Å². The minimum Gasteiger partial charge on any atom is -0.421 e. The lowest BCUT2D eigenvalue weighted by atomic mass is 10.2. The van der Waals surface area contributed by atoms with Gasteiger partial charge >= 0.3 is 6.01 Å². The van der Waals surface area contributed by atoms with E-state index in [1.165, 1.54) is 30.6 Å². The predicted molar refractivity (Wildman–Crippen MR) is 95.2 cm³/mol. The summed E-state index contributed by atoms with van der Waals surface area (Å²) in [6, 6.07) is 10.9. The molecular formula is C18H16FN3O3S. The minimum absolute atomic E-state index is 0.0174. The highest BCUT2D eigenvalue weighted by Gasteiger charge is 2.17. The van der Waals surface area contributed by atoms with Crippen LogP contribution in [0, 0.1) is 19.7 Å². The number of halogens is 1. The van der Waals surface area contributed by atoms with Gasteiger partial charge in [-0.05, 0) is 43.2 Å². The maximum atomic E-state index is 13.6. The molecule has 3 aromatic rings. The number of sulfonamides is 1. The van der Waals surface area contributed by atoms with Crippen molar-refractivity contribution in [3.05, 3.63) is 71.8 Å². The average Bonchev–Trinajstić information content (AvgIpc) is 2.60. The van der Waals surface area contributed by atoms with E-state index in [0.29, 0.717) is 5.56 Å². The highest BCUT2D eigenvalue weighted by Crippen LogP contribution is 2.23. The van der Waals surface area contributed by atoms with Gasteiger partial charge in [-0.15, -0.1) is 0 Å². The fourth-order valence-electron chi connectivity index (χ4n) is 2.25. The van der Waals surface area contributed by atoms with Gasteiger partial charge in [0, 0.05) is 0 Å². The van der Waals surface area contributed by atoms with Crippen LogP contribution in [0.4, 0.5) is 10.1 Å². The Morgan fingerprint density at radius 2 is 1.73 bits per heavy atom. The summed E-state index contributed by atoms with van der Waals surface area (Å²) < 4.78 is 46.3. The molecular weight excluding hydrogens is 357 g/mol. The second-order valence-electron chi connectivity index (χ2n) is 5.66. The Morgan fingerprint density at radius 1 is 1.04 bits per heavy atom.